The van der Waals surface area contributed by atoms with Crippen LogP contribution in [-0.4, -0.2) is 89.9 Å². The second kappa shape index (κ2) is 44.5. The van der Waals surface area contributed by atoms with Gasteiger partial charge in [-0.3, -0.25) is 34.0 Å². The Morgan fingerprint density at radius 2 is 0.700 bits per heavy atom. The molecule has 11 aromatic carbocycles. The fourth-order valence-electron chi connectivity index (χ4n) is 29.4. The molecule has 1 unspecified atom stereocenters. The smallest absolute Gasteiger partial charge is 0.162 e. The van der Waals surface area contributed by atoms with Crippen molar-refractivity contribution in [2.45, 2.75) is 308 Å². The van der Waals surface area contributed by atoms with Crippen LogP contribution in [0, 0.1) is 77.9 Å². The number of nitrogens with zero attached hydrogens (tertiary/aromatic N) is 3. The normalized spacial score (nSPS) is 25.9. The number of methoxy groups -OCH3 is 1. The number of pyridine rings is 1. The van der Waals surface area contributed by atoms with E-state index in [4.69, 9.17) is 9.47 Å². The summed E-state index contributed by atoms with van der Waals surface area (Å²) < 4.78 is 11.0. The summed E-state index contributed by atoms with van der Waals surface area (Å²) in [4.78, 5) is 62.9. The summed E-state index contributed by atoms with van der Waals surface area (Å²) >= 11 is 0. The molecule has 3 aliphatic heterocycles. The number of aromatic nitrogens is 1. The molecule has 25 rings (SSSR count). The van der Waals surface area contributed by atoms with Gasteiger partial charge in [0.1, 0.15) is 11.5 Å². The largest absolute Gasteiger partial charge is 0.497 e. The first-order chi connectivity index (χ1) is 72.8. The molecule has 10 aliphatic carbocycles. The fourth-order valence-corrected chi connectivity index (χ4v) is 29.4. The van der Waals surface area contributed by atoms with Crippen molar-refractivity contribution in [2.75, 3.05) is 39.9 Å². The van der Waals surface area contributed by atoms with E-state index in [-0.39, 0.29) is 27.4 Å². The maximum absolute atomic E-state index is 13.3. The number of hydrogen-bond acceptors (Lipinski definition) is 9. The van der Waals surface area contributed by atoms with Gasteiger partial charge in [0.2, 0.25) is 0 Å². The Morgan fingerprint density at radius 1 is 0.347 bits per heavy atom. The van der Waals surface area contributed by atoms with Crippen LogP contribution in [0.5, 0.6) is 11.5 Å². The Bertz CT molecular complexity index is 6820. The molecular formula is C141H163N3O6. The number of benzene rings is 11. The van der Waals surface area contributed by atoms with E-state index in [1.54, 1.807) is 7.11 Å². The molecule has 8 fully saturated rings. The number of Topliss-reactive ketones (excluding diaryl/α,β-unsaturated/α-hetero) is 4. The molecule has 0 amide bonds. The van der Waals surface area contributed by atoms with Gasteiger partial charge in [0, 0.05) is 97.0 Å². The summed E-state index contributed by atoms with van der Waals surface area (Å²) in [5, 5.41) is 0. The lowest BCUT2D eigenvalue weighted by molar-refractivity contribution is 0.0283. The van der Waals surface area contributed by atoms with Crippen molar-refractivity contribution < 1.29 is 28.7 Å². The Morgan fingerprint density at radius 3 is 1.09 bits per heavy atom. The summed E-state index contributed by atoms with van der Waals surface area (Å²) in [5.74, 6) is 13.2. The highest BCUT2D eigenvalue weighted by Gasteiger charge is 2.55. The monoisotopic (exact) mass is 1990 g/mol. The minimum absolute atomic E-state index is 0.180. The van der Waals surface area contributed by atoms with E-state index in [0.29, 0.717) is 78.8 Å². The van der Waals surface area contributed by atoms with Crippen molar-refractivity contribution in [3.8, 4) is 56.0 Å². The van der Waals surface area contributed by atoms with Crippen molar-refractivity contribution in [3.05, 3.63) is 361 Å². The molecule has 14 atom stereocenters. The van der Waals surface area contributed by atoms with E-state index in [1.807, 2.05) is 25.3 Å². The third kappa shape index (κ3) is 22.6. The highest BCUT2D eigenvalue weighted by Crippen LogP contribution is 2.60. The first-order valence-corrected chi connectivity index (χ1v) is 58.7. The predicted octanol–water partition coefficient (Wildman–Crippen LogP) is 32.3. The topological polar surface area (TPSA) is 106 Å². The van der Waals surface area contributed by atoms with Crippen LogP contribution in [0.3, 0.4) is 0 Å². The quantitative estimate of drug-likeness (QED) is 0.0372. The molecule has 1 aromatic heterocycles. The number of carbonyl (C=O) groups excluding carboxylic acids is 4. The fraction of sp³-hybridized carbons (Fsp3) is 0.468. The average molecular weight is 2000 g/mol. The van der Waals surface area contributed by atoms with Gasteiger partial charge in [-0.25, -0.2) is 0 Å². The lowest BCUT2D eigenvalue weighted by Crippen LogP contribution is -2.58. The van der Waals surface area contributed by atoms with Crippen molar-refractivity contribution in [1.29, 1.82) is 0 Å². The highest BCUT2D eigenvalue weighted by molar-refractivity contribution is 5.98. The molecule has 6 saturated carbocycles. The second-order valence-corrected chi connectivity index (χ2v) is 50.0. The van der Waals surface area contributed by atoms with Crippen LogP contribution in [0.25, 0.3) is 44.5 Å². The van der Waals surface area contributed by atoms with Crippen LogP contribution in [0.15, 0.2) is 261 Å². The third-order valence-corrected chi connectivity index (χ3v) is 40.6. The molecule has 0 N–H and O–H groups in total. The first kappa shape index (κ1) is 103. The molecule has 9 heteroatoms. The average Bonchev–Trinajstić information content (AvgIpc) is 1.65. The van der Waals surface area contributed by atoms with E-state index in [2.05, 4.69) is 313 Å². The number of piperidine rings is 2. The van der Waals surface area contributed by atoms with Gasteiger partial charge >= 0.3 is 0 Å². The molecule has 2 saturated heterocycles. The van der Waals surface area contributed by atoms with Gasteiger partial charge < -0.3 is 9.47 Å². The molecule has 9 nitrogen and oxygen atoms in total. The number of aryl methyl sites for hydroxylation is 5. The van der Waals surface area contributed by atoms with E-state index in [1.165, 1.54) is 247 Å². The van der Waals surface area contributed by atoms with Crippen LogP contribution in [-0.2, 0) is 79.4 Å². The number of carbonyl (C=O) groups is 4. The summed E-state index contributed by atoms with van der Waals surface area (Å²) in [6.45, 7) is 27.6. The molecule has 4 heterocycles. The molecule has 8 bridgehead atoms. The zero-order chi connectivity index (χ0) is 103. The van der Waals surface area contributed by atoms with Gasteiger partial charge in [-0.2, -0.15) is 0 Å². The van der Waals surface area contributed by atoms with Crippen LogP contribution in [0.2, 0.25) is 0 Å². The van der Waals surface area contributed by atoms with Gasteiger partial charge in [-0.1, -0.05) is 281 Å². The zero-order valence-electron chi connectivity index (χ0n) is 91.6. The van der Waals surface area contributed by atoms with E-state index < -0.39 is 0 Å². The number of fused-ring (bicyclic) bond motifs is 17. The molecule has 13 aliphatic rings. The lowest BCUT2D eigenvalue weighted by atomic mass is 9.51. The van der Waals surface area contributed by atoms with Crippen LogP contribution < -0.4 is 9.47 Å². The molecule has 150 heavy (non-hydrogen) atoms. The minimum atomic E-state index is 0.180. The zero-order valence-corrected chi connectivity index (χ0v) is 91.6. The number of ketones is 4. The minimum Gasteiger partial charge on any atom is -0.497 e. The highest BCUT2D eigenvalue weighted by atomic mass is 16.5. The summed E-state index contributed by atoms with van der Waals surface area (Å²) in [5.41, 5.74) is 33.5. The maximum Gasteiger partial charge on any atom is 0.162 e. The first-order valence-electron chi connectivity index (χ1n) is 58.7. The van der Waals surface area contributed by atoms with Crippen molar-refractivity contribution in [1.82, 2.24) is 14.8 Å². The summed E-state index contributed by atoms with van der Waals surface area (Å²) in [6.07, 6.45) is 39.6. The summed E-state index contributed by atoms with van der Waals surface area (Å²) in [6, 6.07) is 92.5. The molecule has 12 aromatic rings. The van der Waals surface area contributed by atoms with Crippen molar-refractivity contribution >= 4 is 23.1 Å². The van der Waals surface area contributed by atoms with Gasteiger partial charge in [0.25, 0.3) is 0 Å². The molecule has 0 radical (unpaired) electrons. The molecular weight excluding hydrogens is 1830 g/mol. The Hall–Kier alpha value is -11.2. The van der Waals surface area contributed by atoms with Crippen LogP contribution >= 0.6 is 0 Å². The van der Waals surface area contributed by atoms with Gasteiger partial charge in [-0.05, 0) is 433 Å². The Labute approximate surface area is 896 Å². The number of likely N-dealkylation sites (tertiary alicyclic amines) is 2. The third-order valence-electron chi connectivity index (χ3n) is 40.6. The molecule has 0 spiro atoms. The predicted molar refractivity (Wildman–Crippen MR) is 614 cm³/mol. The maximum atomic E-state index is 13.3. The Kier molecular flexibility index (Phi) is 30.6. The Balaban J connectivity index is 0.000000113. The number of hydrogen-bond donors (Lipinski definition) is 0. The number of ether oxygens (including phenoxy) is 2. The van der Waals surface area contributed by atoms with E-state index in [0.717, 1.165) is 175 Å². The van der Waals surface area contributed by atoms with E-state index >= 15 is 0 Å². The van der Waals surface area contributed by atoms with Crippen LogP contribution in [0.4, 0.5) is 0 Å². The summed E-state index contributed by atoms with van der Waals surface area (Å²) in [7, 11) is 1.70. The van der Waals surface area contributed by atoms with Gasteiger partial charge in [0.15, 0.2) is 23.1 Å². The lowest BCUT2D eigenvalue weighted by Gasteiger charge is -2.55. The van der Waals surface area contributed by atoms with Gasteiger partial charge in [-0.15, -0.1) is 0 Å². The van der Waals surface area contributed by atoms with Crippen molar-refractivity contribution in [2.24, 2.45) is 71.0 Å². The number of rotatable bonds is 33. The second-order valence-electron chi connectivity index (χ2n) is 50.0. The van der Waals surface area contributed by atoms with Crippen LogP contribution in [0.1, 0.15) is 329 Å². The van der Waals surface area contributed by atoms with E-state index in [9.17, 15) is 19.2 Å². The molecule has 778 valence electrons. The van der Waals surface area contributed by atoms with Crippen molar-refractivity contribution in [3.63, 3.8) is 0 Å². The van der Waals surface area contributed by atoms with Gasteiger partial charge in [0.05, 0.1) is 13.7 Å². The standard InChI is InChI=1S/C36H41NO2.C35H41NO2.C35H41NO.C35H40O/c1-24-33-22-29-12-13-30(21-32(29)36(24,2)17-18-37(33)23-26-6-7-26)34(38)5-3-4-25-8-10-27(11-9-25)28-14-15-35-31(20-28)16-19-39-35;1-24-33-22-29-16-17-30(21-32(29)35(24,2)18-19-36(33)23-26-10-11-26)34(37)9-4-6-25-12-14-27(15-13-25)28-7-5-8-31(20-28)38-3;1-23-7-12-31(22-36-23)27-13-10-25(11-14-27)5-4-6-34(37)30-16-15-29-20-32-24(2)35(3,33(29)21-30)18-17-28(32)19-26-8-9-26;1-24-32-22-30-17-18-31(23-33(30)35(24,2)20-19-29(32)21-26-11-12-26)34(36)10-6-7-25-13-15-28(16-14-25)27-8-4-3-5-9-27/h8-15,20-21,24,26,33H,3-7,16-19,22-23H2,1-2H3;5,7-8,12-17,20-21,24,26,33H,4,6,9-11,18-19,22-23H2,1-3H3;7,10-16,21-22,24,26,28,32H,4-6,8-9,17-20H2,1-3H3;3-5,8-9,13-18,23-24,26,29,32H,6-7,10-12,19-22H2,1-2H3/t24-,33+,36-;24-,33+,35-;24-,28-,32+,35-;24-,29-,32?,35-/m0000/s1. The SMILES string of the molecule is COc1cccc(-c2ccc(CCCC(=O)c3ccc4c(c3)[C@@]3(C)CCN(CC5CC5)[C@H](C4)[C@@H]3C)cc2)c1.C[C@H]1C2Cc3ccc(C(=O)CCCc4ccc(-c5ccccc5)cc4)cc3[C@@]1(C)CC[C@H]2CC1CC1.C[C@H]1[C@H]2Cc3ccc(C(=O)CCCc4ccc(-c5ccc6c(c5)CCO6)cc4)cc3[C@@]1(C)CCN2CC1CC1.Cc1ccc(-c2ccc(CCCC(=O)c3ccc4c(c3)[C@@]3(C)CC[C@@H](CC5CC5)[C@H](C4)[C@@H]3C)cc2)cn1.